The number of halogens is 1. The van der Waals surface area contributed by atoms with E-state index in [0.717, 1.165) is 21.3 Å². The molecule has 0 bridgehead atoms. The molecule has 2 aromatic heterocycles. The summed E-state index contributed by atoms with van der Waals surface area (Å²) in [6.45, 7) is 4.22. The van der Waals surface area contributed by atoms with Crippen molar-refractivity contribution in [2.24, 2.45) is 0 Å². The summed E-state index contributed by atoms with van der Waals surface area (Å²) in [6.07, 6.45) is 3.21. The number of fused-ring (bicyclic) bond motifs is 1. The first-order valence-electron chi connectivity index (χ1n) is 6.32. The summed E-state index contributed by atoms with van der Waals surface area (Å²) in [5.74, 6) is 1.14. The van der Waals surface area contributed by atoms with Crippen molar-refractivity contribution < 1.29 is 0 Å². The number of aromatic nitrogens is 4. The van der Waals surface area contributed by atoms with Gasteiger partial charge in [-0.05, 0) is 32.0 Å². The molecule has 6 heteroatoms. The number of anilines is 1. The highest BCUT2D eigenvalue weighted by molar-refractivity contribution is 9.10. The highest BCUT2D eigenvalue weighted by atomic mass is 79.9. The van der Waals surface area contributed by atoms with Gasteiger partial charge in [0.2, 0.25) is 0 Å². The minimum absolute atomic E-state index is 0.248. The van der Waals surface area contributed by atoms with Gasteiger partial charge in [-0.3, -0.25) is 0 Å². The van der Waals surface area contributed by atoms with Crippen molar-refractivity contribution >= 4 is 32.8 Å². The topological polar surface area (TPSA) is 69.6 Å². The van der Waals surface area contributed by atoms with E-state index in [-0.39, 0.29) is 6.04 Å². The van der Waals surface area contributed by atoms with Gasteiger partial charge in [0.25, 0.3) is 0 Å². The molecule has 0 aliphatic heterocycles. The molecule has 0 unspecified atom stereocenters. The van der Waals surface area contributed by atoms with Crippen LogP contribution < -0.4 is 5.73 Å². The Hall–Kier alpha value is -1.95. The number of benzene rings is 1. The van der Waals surface area contributed by atoms with E-state index in [4.69, 9.17) is 5.73 Å². The smallest absolute Gasteiger partial charge is 0.163 e. The Balaban J connectivity index is 2.35. The molecule has 2 heterocycles. The van der Waals surface area contributed by atoms with Crippen molar-refractivity contribution in [3.05, 3.63) is 35.1 Å². The van der Waals surface area contributed by atoms with Crippen LogP contribution in [0, 0.1) is 0 Å². The van der Waals surface area contributed by atoms with Crippen molar-refractivity contribution in [3.8, 4) is 11.5 Å². The molecule has 0 fully saturated rings. The van der Waals surface area contributed by atoms with Gasteiger partial charge in [0.05, 0.1) is 11.0 Å². The minimum atomic E-state index is 0.248. The zero-order valence-corrected chi connectivity index (χ0v) is 12.8. The predicted molar refractivity (Wildman–Crippen MR) is 83.3 cm³/mol. The van der Waals surface area contributed by atoms with Gasteiger partial charge in [0.15, 0.2) is 11.6 Å². The third-order valence-electron chi connectivity index (χ3n) is 3.11. The molecule has 0 saturated carbocycles. The molecule has 0 aliphatic carbocycles. The Bertz CT molecular complexity index is 778. The molecule has 20 heavy (non-hydrogen) atoms. The van der Waals surface area contributed by atoms with Gasteiger partial charge in [-0.1, -0.05) is 15.9 Å². The van der Waals surface area contributed by atoms with E-state index in [1.54, 1.807) is 12.4 Å². The summed E-state index contributed by atoms with van der Waals surface area (Å²) >= 11 is 3.47. The van der Waals surface area contributed by atoms with Crippen LogP contribution in [0.4, 0.5) is 5.82 Å². The molecule has 3 rings (SSSR count). The summed E-state index contributed by atoms with van der Waals surface area (Å²) in [5, 5.41) is 0. The molecular weight excluding hydrogens is 318 g/mol. The van der Waals surface area contributed by atoms with Crippen LogP contribution in [-0.2, 0) is 0 Å². The third-order valence-corrected chi connectivity index (χ3v) is 3.60. The van der Waals surface area contributed by atoms with Crippen LogP contribution in [0.2, 0.25) is 0 Å². The molecule has 102 valence electrons. The fraction of sp³-hybridized carbons (Fsp3) is 0.214. The van der Waals surface area contributed by atoms with Crippen LogP contribution in [0.1, 0.15) is 19.9 Å². The van der Waals surface area contributed by atoms with E-state index in [1.165, 1.54) is 0 Å². The highest BCUT2D eigenvalue weighted by Gasteiger charge is 2.18. The van der Waals surface area contributed by atoms with E-state index < -0.39 is 0 Å². The maximum atomic E-state index is 5.94. The van der Waals surface area contributed by atoms with E-state index in [1.807, 2.05) is 18.2 Å². The first-order chi connectivity index (χ1) is 9.58. The van der Waals surface area contributed by atoms with Gasteiger partial charge in [-0.2, -0.15) is 0 Å². The molecule has 1 aromatic carbocycles. The van der Waals surface area contributed by atoms with Gasteiger partial charge < -0.3 is 10.3 Å². The summed E-state index contributed by atoms with van der Waals surface area (Å²) in [7, 11) is 0. The number of hydrogen-bond acceptors (Lipinski definition) is 4. The van der Waals surface area contributed by atoms with E-state index in [9.17, 15) is 0 Å². The summed E-state index contributed by atoms with van der Waals surface area (Å²) in [6, 6.07) is 6.29. The Kier molecular flexibility index (Phi) is 3.17. The SMILES string of the molecule is CC(C)n1c(-c2nccnc2N)nc2cc(Br)ccc21. The highest BCUT2D eigenvalue weighted by Crippen LogP contribution is 2.30. The molecule has 2 N–H and O–H groups in total. The normalized spacial score (nSPS) is 11.4. The lowest BCUT2D eigenvalue weighted by Gasteiger charge is -2.13. The summed E-state index contributed by atoms with van der Waals surface area (Å²) in [5.41, 5.74) is 8.53. The molecule has 0 atom stereocenters. The predicted octanol–water partition coefficient (Wildman–Crippen LogP) is 3.42. The van der Waals surface area contributed by atoms with Crippen molar-refractivity contribution in [1.29, 1.82) is 0 Å². The number of nitrogens with two attached hydrogens (primary N) is 1. The first-order valence-corrected chi connectivity index (χ1v) is 7.11. The standard InChI is InChI=1S/C14H14BrN5/c1-8(2)20-11-4-3-9(15)7-10(11)19-14(20)12-13(16)18-6-5-17-12/h3-8H,1-2H3,(H2,16,18). The van der Waals surface area contributed by atoms with E-state index >= 15 is 0 Å². The molecule has 0 spiro atoms. The summed E-state index contributed by atoms with van der Waals surface area (Å²) in [4.78, 5) is 13.1. The number of hydrogen-bond donors (Lipinski definition) is 1. The van der Waals surface area contributed by atoms with Crippen LogP contribution >= 0.6 is 15.9 Å². The maximum absolute atomic E-state index is 5.94. The average Bonchev–Trinajstić information content (AvgIpc) is 2.77. The van der Waals surface area contributed by atoms with Crippen LogP contribution in [0.15, 0.2) is 35.1 Å². The zero-order valence-electron chi connectivity index (χ0n) is 11.2. The van der Waals surface area contributed by atoms with Gasteiger partial charge in [-0.15, -0.1) is 0 Å². The number of rotatable bonds is 2. The van der Waals surface area contributed by atoms with Gasteiger partial charge >= 0.3 is 0 Å². The first kappa shape index (κ1) is 13.1. The fourth-order valence-electron chi connectivity index (χ4n) is 2.28. The minimum Gasteiger partial charge on any atom is -0.382 e. The van der Waals surface area contributed by atoms with Crippen molar-refractivity contribution in [2.45, 2.75) is 19.9 Å². The molecule has 0 aliphatic rings. The Morgan fingerprint density at radius 2 is 1.95 bits per heavy atom. The quantitative estimate of drug-likeness (QED) is 0.781. The molecule has 0 amide bonds. The Morgan fingerprint density at radius 1 is 1.20 bits per heavy atom. The molecular formula is C14H14BrN5. The lowest BCUT2D eigenvalue weighted by atomic mass is 10.3. The van der Waals surface area contributed by atoms with Gasteiger partial charge in [-0.25, -0.2) is 15.0 Å². The van der Waals surface area contributed by atoms with Crippen LogP contribution in [-0.4, -0.2) is 19.5 Å². The second-order valence-electron chi connectivity index (χ2n) is 4.82. The van der Waals surface area contributed by atoms with Crippen molar-refractivity contribution in [3.63, 3.8) is 0 Å². The zero-order chi connectivity index (χ0) is 14.3. The largest absolute Gasteiger partial charge is 0.382 e. The number of nitrogen functional groups attached to an aromatic ring is 1. The molecule has 5 nitrogen and oxygen atoms in total. The van der Waals surface area contributed by atoms with Crippen molar-refractivity contribution in [2.75, 3.05) is 5.73 Å². The maximum Gasteiger partial charge on any atom is 0.163 e. The Morgan fingerprint density at radius 3 is 2.65 bits per heavy atom. The monoisotopic (exact) mass is 331 g/mol. The van der Waals surface area contributed by atoms with Crippen LogP contribution in [0.25, 0.3) is 22.6 Å². The van der Waals surface area contributed by atoms with Crippen molar-refractivity contribution in [1.82, 2.24) is 19.5 Å². The molecule has 0 radical (unpaired) electrons. The van der Waals surface area contributed by atoms with Gasteiger partial charge in [0.1, 0.15) is 5.69 Å². The number of nitrogens with zero attached hydrogens (tertiary/aromatic N) is 4. The van der Waals surface area contributed by atoms with Crippen LogP contribution in [0.5, 0.6) is 0 Å². The lowest BCUT2D eigenvalue weighted by Crippen LogP contribution is -2.06. The van der Waals surface area contributed by atoms with Crippen LogP contribution in [0.3, 0.4) is 0 Å². The number of imidazole rings is 1. The fourth-order valence-corrected chi connectivity index (χ4v) is 2.63. The van der Waals surface area contributed by atoms with E-state index in [2.05, 4.69) is 49.3 Å². The summed E-state index contributed by atoms with van der Waals surface area (Å²) < 4.78 is 3.12. The molecule has 3 aromatic rings. The third kappa shape index (κ3) is 2.06. The second-order valence-corrected chi connectivity index (χ2v) is 5.74. The van der Waals surface area contributed by atoms with Gasteiger partial charge in [0, 0.05) is 22.9 Å². The molecule has 0 saturated heterocycles. The lowest BCUT2D eigenvalue weighted by molar-refractivity contribution is 0.623. The Labute approximate surface area is 125 Å². The second kappa shape index (κ2) is 4.86. The van der Waals surface area contributed by atoms with E-state index in [0.29, 0.717) is 11.5 Å². The average molecular weight is 332 g/mol.